The summed E-state index contributed by atoms with van der Waals surface area (Å²) in [7, 11) is 0. The molecular weight excluding hydrogens is 326 g/mol. The standard InChI is InChI=1S/C18H20BrNO/c1-2-12-7-3-5-9-14(12)18(21)17-15(19)11-13-8-4-6-10-16(13)20-17/h4,6,8,10-12,14H,2-3,5,7,9H2,1H3. The molecule has 2 aromatic rings. The van der Waals surface area contributed by atoms with Gasteiger partial charge in [-0.3, -0.25) is 4.79 Å². The molecule has 0 saturated heterocycles. The van der Waals surface area contributed by atoms with Crippen LogP contribution in [0, 0.1) is 11.8 Å². The fraction of sp³-hybridized carbons (Fsp3) is 0.444. The van der Waals surface area contributed by atoms with Crippen LogP contribution in [0.25, 0.3) is 10.9 Å². The van der Waals surface area contributed by atoms with Crippen molar-refractivity contribution in [3.63, 3.8) is 0 Å². The first-order valence-corrected chi connectivity index (χ1v) is 8.59. The maximum atomic E-state index is 12.9. The number of carbonyl (C=O) groups is 1. The van der Waals surface area contributed by atoms with Crippen molar-refractivity contribution in [3.05, 3.63) is 40.5 Å². The van der Waals surface area contributed by atoms with Gasteiger partial charge in [-0.25, -0.2) is 4.98 Å². The Morgan fingerprint density at radius 1 is 1.29 bits per heavy atom. The molecule has 1 fully saturated rings. The number of fused-ring (bicyclic) bond motifs is 1. The van der Waals surface area contributed by atoms with Crippen molar-refractivity contribution in [2.24, 2.45) is 11.8 Å². The van der Waals surface area contributed by atoms with Crippen LogP contribution in [0.2, 0.25) is 0 Å². The van der Waals surface area contributed by atoms with Crippen molar-refractivity contribution >= 4 is 32.6 Å². The molecule has 0 aliphatic heterocycles. The van der Waals surface area contributed by atoms with E-state index in [9.17, 15) is 4.79 Å². The molecule has 2 atom stereocenters. The number of hydrogen-bond acceptors (Lipinski definition) is 2. The number of halogens is 1. The van der Waals surface area contributed by atoms with E-state index in [-0.39, 0.29) is 11.7 Å². The van der Waals surface area contributed by atoms with Crippen LogP contribution in [-0.4, -0.2) is 10.8 Å². The summed E-state index contributed by atoms with van der Waals surface area (Å²) in [5.41, 5.74) is 1.51. The van der Waals surface area contributed by atoms with Crippen molar-refractivity contribution in [3.8, 4) is 0 Å². The number of hydrogen-bond donors (Lipinski definition) is 0. The van der Waals surface area contributed by atoms with E-state index in [0.29, 0.717) is 11.6 Å². The van der Waals surface area contributed by atoms with Crippen molar-refractivity contribution in [1.82, 2.24) is 4.98 Å². The number of Topliss-reactive ketones (excluding diaryl/α,β-unsaturated/α-hetero) is 1. The fourth-order valence-corrected chi connectivity index (χ4v) is 4.01. The SMILES string of the molecule is CCC1CCCCC1C(=O)c1nc2ccccc2cc1Br. The number of para-hydroxylation sites is 1. The number of aromatic nitrogens is 1. The van der Waals surface area contributed by atoms with Crippen LogP contribution in [0.4, 0.5) is 0 Å². The number of pyridine rings is 1. The van der Waals surface area contributed by atoms with E-state index >= 15 is 0 Å². The zero-order valence-electron chi connectivity index (χ0n) is 12.3. The van der Waals surface area contributed by atoms with Gasteiger partial charge >= 0.3 is 0 Å². The normalized spacial score (nSPS) is 22.4. The number of carbonyl (C=O) groups excluding carboxylic acids is 1. The number of nitrogens with zero attached hydrogens (tertiary/aromatic N) is 1. The first-order chi connectivity index (χ1) is 10.2. The van der Waals surface area contributed by atoms with E-state index in [4.69, 9.17) is 0 Å². The molecule has 1 aromatic heterocycles. The molecule has 110 valence electrons. The summed E-state index contributed by atoms with van der Waals surface area (Å²) in [6.07, 6.45) is 5.70. The number of rotatable bonds is 3. The molecule has 1 aliphatic rings. The zero-order chi connectivity index (χ0) is 14.8. The third-order valence-corrected chi connectivity index (χ3v) is 5.29. The second kappa shape index (κ2) is 6.27. The maximum Gasteiger partial charge on any atom is 0.185 e. The molecule has 3 heteroatoms. The molecule has 1 aliphatic carbocycles. The minimum Gasteiger partial charge on any atom is -0.292 e. The predicted octanol–water partition coefficient (Wildman–Crippen LogP) is 5.40. The second-order valence-electron chi connectivity index (χ2n) is 5.94. The average Bonchev–Trinajstić information content (AvgIpc) is 2.53. The summed E-state index contributed by atoms with van der Waals surface area (Å²) in [5, 5.41) is 1.07. The summed E-state index contributed by atoms with van der Waals surface area (Å²) in [6, 6.07) is 9.96. The van der Waals surface area contributed by atoms with Crippen molar-refractivity contribution in [2.45, 2.75) is 39.0 Å². The molecule has 0 radical (unpaired) electrons. The van der Waals surface area contributed by atoms with Gasteiger partial charge < -0.3 is 0 Å². The van der Waals surface area contributed by atoms with Crippen LogP contribution in [-0.2, 0) is 0 Å². The van der Waals surface area contributed by atoms with Crippen LogP contribution in [0.3, 0.4) is 0 Å². The highest BCUT2D eigenvalue weighted by atomic mass is 79.9. The highest BCUT2D eigenvalue weighted by Crippen LogP contribution is 2.35. The van der Waals surface area contributed by atoms with Crippen LogP contribution in [0.5, 0.6) is 0 Å². The van der Waals surface area contributed by atoms with Gasteiger partial charge in [-0.15, -0.1) is 0 Å². The van der Waals surface area contributed by atoms with E-state index in [0.717, 1.165) is 34.6 Å². The molecule has 1 heterocycles. The largest absolute Gasteiger partial charge is 0.292 e. The molecule has 0 amide bonds. The first-order valence-electron chi connectivity index (χ1n) is 7.80. The molecule has 1 aromatic carbocycles. The summed E-state index contributed by atoms with van der Waals surface area (Å²) in [6.45, 7) is 2.19. The summed E-state index contributed by atoms with van der Waals surface area (Å²) < 4.78 is 0.826. The Morgan fingerprint density at radius 3 is 2.86 bits per heavy atom. The van der Waals surface area contributed by atoms with Crippen LogP contribution in [0.1, 0.15) is 49.5 Å². The molecular formula is C18H20BrNO. The third-order valence-electron chi connectivity index (χ3n) is 4.68. The topological polar surface area (TPSA) is 30.0 Å². The predicted molar refractivity (Wildman–Crippen MR) is 89.5 cm³/mol. The number of benzene rings is 1. The fourth-order valence-electron chi connectivity index (χ4n) is 3.48. The van der Waals surface area contributed by atoms with Gasteiger partial charge in [0, 0.05) is 15.8 Å². The van der Waals surface area contributed by atoms with E-state index in [1.165, 1.54) is 12.8 Å². The highest BCUT2D eigenvalue weighted by Gasteiger charge is 2.32. The zero-order valence-corrected chi connectivity index (χ0v) is 13.9. The van der Waals surface area contributed by atoms with Gasteiger partial charge in [0.05, 0.1) is 5.52 Å². The molecule has 0 spiro atoms. The van der Waals surface area contributed by atoms with E-state index in [2.05, 4.69) is 27.8 Å². The van der Waals surface area contributed by atoms with Gasteiger partial charge in [0.25, 0.3) is 0 Å². The Morgan fingerprint density at radius 2 is 2.05 bits per heavy atom. The minimum absolute atomic E-state index is 0.147. The average molecular weight is 346 g/mol. The van der Waals surface area contributed by atoms with E-state index in [1.54, 1.807) is 0 Å². The molecule has 2 unspecified atom stereocenters. The molecule has 2 nitrogen and oxygen atoms in total. The Kier molecular flexibility index (Phi) is 4.39. The molecule has 3 rings (SSSR count). The van der Waals surface area contributed by atoms with Gasteiger partial charge in [-0.1, -0.05) is 44.4 Å². The van der Waals surface area contributed by atoms with Gasteiger partial charge in [0.1, 0.15) is 5.69 Å². The van der Waals surface area contributed by atoms with Crippen molar-refractivity contribution in [2.75, 3.05) is 0 Å². The summed E-state index contributed by atoms with van der Waals surface area (Å²) in [4.78, 5) is 17.6. The molecule has 21 heavy (non-hydrogen) atoms. The van der Waals surface area contributed by atoms with Gasteiger partial charge in [-0.05, 0) is 46.8 Å². The second-order valence-corrected chi connectivity index (χ2v) is 6.79. The smallest absolute Gasteiger partial charge is 0.185 e. The van der Waals surface area contributed by atoms with Gasteiger partial charge in [-0.2, -0.15) is 0 Å². The molecule has 0 N–H and O–H groups in total. The van der Waals surface area contributed by atoms with Crippen LogP contribution >= 0.6 is 15.9 Å². The number of ketones is 1. The summed E-state index contributed by atoms with van der Waals surface area (Å²) in [5.74, 6) is 0.888. The summed E-state index contributed by atoms with van der Waals surface area (Å²) >= 11 is 3.54. The first kappa shape index (κ1) is 14.7. The Labute approximate surface area is 134 Å². The lowest BCUT2D eigenvalue weighted by molar-refractivity contribution is 0.0814. The lowest BCUT2D eigenvalue weighted by Crippen LogP contribution is -2.27. The molecule has 1 saturated carbocycles. The van der Waals surface area contributed by atoms with Gasteiger partial charge in [0.15, 0.2) is 5.78 Å². The van der Waals surface area contributed by atoms with Crippen molar-refractivity contribution in [1.29, 1.82) is 0 Å². The maximum absolute atomic E-state index is 12.9. The monoisotopic (exact) mass is 345 g/mol. The molecule has 0 bridgehead atoms. The van der Waals surface area contributed by atoms with Crippen molar-refractivity contribution < 1.29 is 4.79 Å². The van der Waals surface area contributed by atoms with Crippen LogP contribution < -0.4 is 0 Å². The lowest BCUT2D eigenvalue weighted by Gasteiger charge is -2.29. The third kappa shape index (κ3) is 2.89. The Balaban J connectivity index is 1.98. The highest BCUT2D eigenvalue weighted by molar-refractivity contribution is 9.10. The lowest BCUT2D eigenvalue weighted by atomic mass is 9.75. The van der Waals surface area contributed by atoms with E-state index in [1.807, 2.05) is 30.3 Å². The Bertz CT molecular complexity index is 667. The van der Waals surface area contributed by atoms with Gasteiger partial charge in [0.2, 0.25) is 0 Å². The minimum atomic E-state index is 0.147. The Hall–Kier alpha value is -1.22. The van der Waals surface area contributed by atoms with Crippen LogP contribution in [0.15, 0.2) is 34.8 Å². The van der Waals surface area contributed by atoms with E-state index < -0.39 is 0 Å². The quantitative estimate of drug-likeness (QED) is 0.697.